The van der Waals surface area contributed by atoms with Crippen molar-refractivity contribution in [3.63, 3.8) is 0 Å². The van der Waals surface area contributed by atoms with Crippen molar-refractivity contribution in [2.45, 2.75) is 44.3 Å². The second-order valence-electron chi connectivity index (χ2n) is 8.17. The number of carbonyl (C=O) groups excluding carboxylic acids is 2. The number of thioether (sulfide) groups is 1. The van der Waals surface area contributed by atoms with Gasteiger partial charge < -0.3 is 14.2 Å². The number of amides is 2. The molecule has 1 saturated heterocycles. The van der Waals surface area contributed by atoms with E-state index in [-0.39, 0.29) is 17.9 Å². The summed E-state index contributed by atoms with van der Waals surface area (Å²) in [6, 6.07) is 13.4. The Kier molecular flexibility index (Phi) is 7.49. The minimum Gasteiger partial charge on any atom is -0.459 e. The summed E-state index contributed by atoms with van der Waals surface area (Å²) in [7, 11) is 0. The van der Waals surface area contributed by atoms with Crippen LogP contribution >= 0.6 is 11.8 Å². The van der Waals surface area contributed by atoms with Gasteiger partial charge in [0.2, 0.25) is 5.91 Å². The van der Waals surface area contributed by atoms with E-state index in [0.29, 0.717) is 31.8 Å². The molecule has 2 aromatic heterocycles. The maximum Gasteiger partial charge on any atom is 0.289 e. The first-order chi connectivity index (χ1) is 16.0. The minimum atomic E-state index is -0.116. The number of piperazine rings is 1. The van der Waals surface area contributed by atoms with E-state index in [0.717, 1.165) is 35.3 Å². The summed E-state index contributed by atoms with van der Waals surface area (Å²) >= 11 is 1.66. The van der Waals surface area contributed by atoms with Crippen LogP contribution < -0.4 is 0 Å². The monoisotopic (exact) mass is 467 g/mol. The number of rotatable bonds is 8. The van der Waals surface area contributed by atoms with Crippen molar-refractivity contribution in [3.8, 4) is 5.69 Å². The zero-order valence-electron chi connectivity index (χ0n) is 19.0. The number of carbonyl (C=O) groups is 2. The summed E-state index contributed by atoms with van der Waals surface area (Å²) in [5.41, 5.74) is 1.05. The van der Waals surface area contributed by atoms with Gasteiger partial charge >= 0.3 is 0 Å². The van der Waals surface area contributed by atoms with Crippen molar-refractivity contribution < 1.29 is 14.0 Å². The van der Waals surface area contributed by atoms with Crippen LogP contribution in [0, 0.1) is 6.92 Å². The van der Waals surface area contributed by atoms with E-state index in [1.165, 1.54) is 6.26 Å². The molecule has 1 aliphatic heterocycles. The van der Waals surface area contributed by atoms with Crippen LogP contribution in [-0.4, -0.2) is 67.8 Å². The molecule has 1 atom stereocenters. The smallest absolute Gasteiger partial charge is 0.289 e. The van der Waals surface area contributed by atoms with E-state index < -0.39 is 0 Å². The van der Waals surface area contributed by atoms with Gasteiger partial charge in [0.25, 0.3) is 5.91 Å². The molecule has 33 heavy (non-hydrogen) atoms. The number of unbranched alkanes of at least 4 members (excludes halogenated alkanes) is 1. The third-order valence-corrected chi connectivity index (χ3v) is 6.81. The SMILES string of the molecule is Cc1nnc(SCCCCC(=O)N2CCN(C(=O)c3ccco3)C(C)C2)n1-c1ccccc1. The Morgan fingerprint density at radius 1 is 1.09 bits per heavy atom. The van der Waals surface area contributed by atoms with Crippen LogP contribution in [0.2, 0.25) is 0 Å². The zero-order chi connectivity index (χ0) is 23.2. The van der Waals surface area contributed by atoms with E-state index in [9.17, 15) is 9.59 Å². The quantitative estimate of drug-likeness (QED) is 0.370. The average molecular weight is 468 g/mol. The van der Waals surface area contributed by atoms with Crippen molar-refractivity contribution in [1.82, 2.24) is 24.6 Å². The molecule has 3 heterocycles. The number of furan rings is 1. The van der Waals surface area contributed by atoms with Crippen molar-refractivity contribution in [2.75, 3.05) is 25.4 Å². The second kappa shape index (κ2) is 10.7. The van der Waals surface area contributed by atoms with Crippen molar-refractivity contribution in [1.29, 1.82) is 0 Å². The van der Waals surface area contributed by atoms with Crippen LogP contribution in [-0.2, 0) is 4.79 Å². The van der Waals surface area contributed by atoms with Crippen LogP contribution in [0.5, 0.6) is 0 Å². The highest BCUT2D eigenvalue weighted by molar-refractivity contribution is 7.99. The molecular formula is C24H29N5O3S. The Balaban J connectivity index is 1.20. The van der Waals surface area contributed by atoms with Crippen LogP contribution in [0.1, 0.15) is 42.6 Å². The third kappa shape index (κ3) is 5.47. The fourth-order valence-corrected chi connectivity index (χ4v) is 5.03. The molecule has 9 heteroatoms. The summed E-state index contributed by atoms with van der Waals surface area (Å²) in [6.07, 6.45) is 3.76. The molecule has 8 nitrogen and oxygen atoms in total. The lowest BCUT2D eigenvalue weighted by Crippen LogP contribution is -2.55. The van der Waals surface area contributed by atoms with Crippen LogP contribution in [0.3, 0.4) is 0 Å². The molecule has 4 rings (SSSR count). The maximum atomic E-state index is 12.7. The van der Waals surface area contributed by atoms with Crippen molar-refractivity contribution in [2.24, 2.45) is 0 Å². The predicted octanol–water partition coefficient (Wildman–Crippen LogP) is 3.80. The van der Waals surface area contributed by atoms with Crippen molar-refractivity contribution >= 4 is 23.6 Å². The molecule has 0 saturated carbocycles. The van der Waals surface area contributed by atoms with Gasteiger partial charge in [0.15, 0.2) is 10.9 Å². The number of nitrogens with zero attached hydrogens (tertiary/aromatic N) is 5. The number of aryl methyl sites for hydroxylation is 1. The number of hydrogen-bond acceptors (Lipinski definition) is 6. The van der Waals surface area contributed by atoms with Crippen molar-refractivity contribution in [3.05, 3.63) is 60.3 Å². The summed E-state index contributed by atoms with van der Waals surface area (Å²) < 4.78 is 7.29. The molecule has 0 spiro atoms. The van der Waals surface area contributed by atoms with E-state index in [1.807, 2.05) is 49.1 Å². The van der Waals surface area contributed by atoms with Gasteiger partial charge in [0.1, 0.15) is 5.82 Å². The molecule has 3 aromatic rings. The highest BCUT2D eigenvalue weighted by Gasteiger charge is 2.31. The molecule has 1 aliphatic rings. The average Bonchev–Trinajstić information content (AvgIpc) is 3.49. The van der Waals surface area contributed by atoms with E-state index in [1.54, 1.807) is 28.8 Å². The lowest BCUT2D eigenvalue weighted by atomic mass is 10.1. The third-order valence-electron chi connectivity index (χ3n) is 5.80. The van der Waals surface area contributed by atoms with E-state index in [2.05, 4.69) is 14.8 Å². The number of para-hydroxylation sites is 1. The van der Waals surface area contributed by atoms with E-state index in [4.69, 9.17) is 4.42 Å². The standard InChI is InChI=1S/C24H29N5O3S/c1-18-17-27(13-14-28(18)23(31)21-11-8-15-32-21)22(30)12-6-7-16-33-24-26-25-19(2)29(24)20-9-4-3-5-10-20/h3-5,8-11,15,18H,6-7,12-14,16-17H2,1-2H3. The van der Waals surface area contributed by atoms with Gasteiger partial charge in [0.05, 0.1) is 6.26 Å². The molecule has 0 N–H and O–H groups in total. The normalized spacial score (nSPS) is 16.2. The summed E-state index contributed by atoms with van der Waals surface area (Å²) in [4.78, 5) is 28.9. The Labute approximate surface area is 198 Å². The van der Waals surface area contributed by atoms with Crippen LogP contribution in [0.4, 0.5) is 0 Å². The van der Waals surface area contributed by atoms with E-state index >= 15 is 0 Å². The minimum absolute atomic E-state index is 0.0385. The first-order valence-corrected chi connectivity index (χ1v) is 12.3. The number of hydrogen-bond donors (Lipinski definition) is 0. The highest BCUT2D eigenvalue weighted by Crippen LogP contribution is 2.23. The molecule has 1 unspecified atom stereocenters. The summed E-state index contributed by atoms with van der Waals surface area (Å²) in [5.74, 6) is 2.12. The van der Waals surface area contributed by atoms with Gasteiger partial charge in [-0.25, -0.2) is 0 Å². The highest BCUT2D eigenvalue weighted by atomic mass is 32.2. The molecule has 1 fully saturated rings. The number of benzene rings is 1. The van der Waals surface area contributed by atoms with Gasteiger partial charge in [-0.3, -0.25) is 14.2 Å². The summed E-state index contributed by atoms with van der Waals surface area (Å²) in [6.45, 7) is 5.56. The zero-order valence-corrected chi connectivity index (χ0v) is 19.8. The molecule has 0 aliphatic carbocycles. The largest absolute Gasteiger partial charge is 0.459 e. The predicted molar refractivity (Wildman–Crippen MR) is 126 cm³/mol. The Bertz CT molecular complexity index is 1070. The van der Waals surface area contributed by atoms with Crippen LogP contribution in [0.15, 0.2) is 58.3 Å². The molecular weight excluding hydrogens is 438 g/mol. The first-order valence-electron chi connectivity index (χ1n) is 11.3. The molecule has 1 aromatic carbocycles. The van der Waals surface area contributed by atoms with Gasteiger partial charge in [-0.05, 0) is 51.0 Å². The van der Waals surface area contributed by atoms with Gasteiger partial charge in [-0.2, -0.15) is 0 Å². The Morgan fingerprint density at radius 3 is 2.64 bits per heavy atom. The number of aromatic nitrogens is 3. The summed E-state index contributed by atoms with van der Waals surface area (Å²) in [5, 5.41) is 9.40. The fourth-order valence-electron chi connectivity index (χ4n) is 4.04. The molecule has 0 bridgehead atoms. The molecule has 0 radical (unpaired) electrons. The Morgan fingerprint density at radius 2 is 1.91 bits per heavy atom. The molecule has 2 amide bonds. The fraction of sp³-hybridized carbons (Fsp3) is 0.417. The lowest BCUT2D eigenvalue weighted by molar-refractivity contribution is -0.133. The maximum absolute atomic E-state index is 12.7. The second-order valence-corrected chi connectivity index (χ2v) is 9.23. The van der Waals surface area contributed by atoms with Crippen LogP contribution in [0.25, 0.3) is 5.69 Å². The lowest BCUT2D eigenvalue weighted by Gasteiger charge is -2.39. The van der Waals surface area contributed by atoms with Gasteiger partial charge in [0, 0.05) is 43.5 Å². The molecule has 174 valence electrons. The topological polar surface area (TPSA) is 84.5 Å². The first kappa shape index (κ1) is 23.1. The van der Waals surface area contributed by atoms with Gasteiger partial charge in [-0.1, -0.05) is 30.0 Å². The Hall–Kier alpha value is -3.07. The van der Waals surface area contributed by atoms with Gasteiger partial charge in [-0.15, -0.1) is 10.2 Å².